The van der Waals surface area contributed by atoms with Crippen molar-refractivity contribution in [2.75, 3.05) is 18.6 Å². The molecule has 0 atom stereocenters. The summed E-state index contributed by atoms with van der Waals surface area (Å²) in [5.41, 5.74) is 13.7. The second kappa shape index (κ2) is 6.29. The van der Waals surface area contributed by atoms with Crippen LogP contribution in [-0.2, 0) is 4.74 Å². The van der Waals surface area contributed by atoms with Crippen LogP contribution in [0.15, 0.2) is 52.7 Å². The molecule has 3 aromatic rings. The Kier molecular flexibility index (Phi) is 4.02. The Bertz CT molecular complexity index is 937. The Morgan fingerprint density at radius 1 is 1.00 bits per heavy atom. The second-order valence-electron chi connectivity index (χ2n) is 4.91. The summed E-state index contributed by atoms with van der Waals surface area (Å²) in [6.45, 7) is 0. The molecule has 8 heteroatoms. The zero-order valence-electron chi connectivity index (χ0n) is 12.8. The monoisotopic (exact) mass is 322 g/mol. The molecule has 0 saturated carbocycles. The van der Waals surface area contributed by atoms with E-state index >= 15 is 0 Å². The number of methoxy groups -OCH3 is 1. The third kappa shape index (κ3) is 3.12. The number of esters is 1. The Hall–Kier alpha value is -3.55. The van der Waals surface area contributed by atoms with Crippen molar-refractivity contribution in [3.63, 3.8) is 0 Å². The predicted octanol–water partition coefficient (Wildman–Crippen LogP) is 3.00. The van der Waals surface area contributed by atoms with Crippen molar-refractivity contribution in [2.24, 2.45) is 10.2 Å². The van der Waals surface area contributed by atoms with Crippen LogP contribution in [0.25, 0.3) is 10.9 Å². The number of nitrogen functional groups attached to an aromatic ring is 2. The summed E-state index contributed by atoms with van der Waals surface area (Å²) in [4.78, 5) is 19.4. The molecule has 0 amide bonds. The molecule has 0 aliphatic carbocycles. The maximum absolute atomic E-state index is 11.4. The van der Waals surface area contributed by atoms with Crippen LogP contribution in [0.3, 0.4) is 0 Å². The van der Waals surface area contributed by atoms with Gasteiger partial charge in [-0.1, -0.05) is 0 Å². The number of aromatic nitrogens is 2. The number of benzene rings is 2. The molecule has 0 radical (unpaired) electrons. The maximum Gasteiger partial charge on any atom is 0.337 e. The number of ether oxygens (including phenoxy) is 1. The van der Waals surface area contributed by atoms with Gasteiger partial charge in [0.2, 0.25) is 5.95 Å². The van der Waals surface area contributed by atoms with Crippen molar-refractivity contribution in [2.45, 2.75) is 0 Å². The van der Waals surface area contributed by atoms with Crippen molar-refractivity contribution in [3.05, 3.63) is 48.0 Å². The number of hydrogen-bond acceptors (Lipinski definition) is 8. The number of carbonyl (C=O) groups excluding carboxylic acids is 1. The number of carbonyl (C=O) groups is 1. The predicted molar refractivity (Wildman–Crippen MR) is 90.3 cm³/mol. The molecule has 0 unspecified atom stereocenters. The Morgan fingerprint density at radius 2 is 1.67 bits per heavy atom. The third-order valence-electron chi connectivity index (χ3n) is 3.30. The van der Waals surface area contributed by atoms with Crippen LogP contribution in [0.5, 0.6) is 0 Å². The molecule has 0 saturated heterocycles. The van der Waals surface area contributed by atoms with Gasteiger partial charge in [-0.15, -0.1) is 0 Å². The second-order valence-corrected chi connectivity index (χ2v) is 4.91. The van der Waals surface area contributed by atoms with Gasteiger partial charge in [-0.25, -0.2) is 9.78 Å². The van der Waals surface area contributed by atoms with Gasteiger partial charge in [-0.3, -0.25) is 0 Å². The summed E-state index contributed by atoms with van der Waals surface area (Å²) >= 11 is 0. The van der Waals surface area contributed by atoms with E-state index in [1.165, 1.54) is 7.11 Å². The molecule has 1 heterocycles. The van der Waals surface area contributed by atoms with Gasteiger partial charge in [0.1, 0.15) is 5.82 Å². The molecule has 120 valence electrons. The van der Waals surface area contributed by atoms with E-state index in [1.54, 1.807) is 42.5 Å². The van der Waals surface area contributed by atoms with Crippen LogP contribution in [0.2, 0.25) is 0 Å². The summed E-state index contributed by atoms with van der Waals surface area (Å²) in [5.74, 6) is 0.0137. The first-order chi connectivity index (χ1) is 11.6. The molecule has 1 aromatic heterocycles. The van der Waals surface area contributed by atoms with Crippen LogP contribution in [0.1, 0.15) is 10.4 Å². The lowest BCUT2D eigenvalue weighted by Gasteiger charge is -2.02. The molecular weight excluding hydrogens is 308 g/mol. The average Bonchev–Trinajstić information content (AvgIpc) is 2.60. The number of fused-ring (bicyclic) bond motifs is 1. The highest BCUT2D eigenvalue weighted by atomic mass is 16.5. The van der Waals surface area contributed by atoms with Crippen LogP contribution >= 0.6 is 0 Å². The van der Waals surface area contributed by atoms with Crippen molar-refractivity contribution in [1.82, 2.24) is 9.97 Å². The molecule has 0 aliphatic rings. The Labute approximate surface area is 137 Å². The topological polar surface area (TPSA) is 129 Å². The van der Waals surface area contributed by atoms with Crippen molar-refractivity contribution in [3.8, 4) is 0 Å². The quantitative estimate of drug-likeness (QED) is 0.563. The van der Waals surface area contributed by atoms with E-state index in [0.717, 1.165) is 0 Å². The molecule has 24 heavy (non-hydrogen) atoms. The van der Waals surface area contributed by atoms with Gasteiger partial charge < -0.3 is 16.2 Å². The van der Waals surface area contributed by atoms with E-state index in [0.29, 0.717) is 27.8 Å². The maximum atomic E-state index is 11.4. The van der Waals surface area contributed by atoms with Crippen LogP contribution in [0, 0.1) is 0 Å². The standard InChI is InChI=1S/C16H14N6O2/c1-24-15(23)9-2-4-10(5-3-9)21-22-11-6-7-13-12(8-11)14(17)20-16(18)19-13/h2-8H,1H3,(H4,17,18,19,20). The van der Waals surface area contributed by atoms with Crippen LogP contribution in [-0.4, -0.2) is 23.0 Å². The fourth-order valence-corrected chi connectivity index (χ4v) is 2.12. The first kappa shape index (κ1) is 15.3. The van der Waals surface area contributed by atoms with E-state index < -0.39 is 5.97 Å². The van der Waals surface area contributed by atoms with Crippen molar-refractivity contribution >= 4 is 40.0 Å². The number of nitrogens with zero attached hydrogens (tertiary/aromatic N) is 4. The lowest BCUT2D eigenvalue weighted by Crippen LogP contribution is -2.00. The largest absolute Gasteiger partial charge is 0.465 e. The number of rotatable bonds is 3. The van der Waals surface area contributed by atoms with Crippen molar-refractivity contribution in [1.29, 1.82) is 0 Å². The lowest BCUT2D eigenvalue weighted by atomic mass is 10.2. The minimum absolute atomic E-state index is 0.125. The molecule has 2 aromatic carbocycles. The number of hydrogen-bond donors (Lipinski definition) is 2. The van der Waals surface area contributed by atoms with Crippen LogP contribution in [0.4, 0.5) is 23.1 Å². The number of anilines is 2. The summed E-state index contributed by atoms with van der Waals surface area (Å²) in [6, 6.07) is 11.8. The third-order valence-corrected chi connectivity index (χ3v) is 3.30. The molecular formula is C16H14N6O2. The van der Waals surface area contributed by atoms with Gasteiger partial charge in [0.05, 0.1) is 29.6 Å². The minimum Gasteiger partial charge on any atom is -0.465 e. The van der Waals surface area contributed by atoms with Gasteiger partial charge in [0, 0.05) is 5.39 Å². The highest BCUT2D eigenvalue weighted by molar-refractivity contribution is 5.91. The number of azo groups is 1. The van der Waals surface area contributed by atoms with Crippen molar-refractivity contribution < 1.29 is 9.53 Å². The minimum atomic E-state index is -0.400. The molecule has 0 bridgehead atoms. The molecule has 0 fully saturated rings. The molecule has 4 N–H and O–H groups in total. The normalized spacial score (nSPS) is 11.0. The first-order valence-electron chi connectivity index (χ1n) is 6.99. The number of nitrogens with two attached hydrogens (primary N) is 2. The Morgan fingerprint density at radius 3 is 2.38 bits per heavy atom. The Balaban J connectivity index is 1.86. The lowest BCUT2D eigenvalue weighted by molar-refractivity contribution is 0.0601. The average molecular weight is 322 g/mol. The molecule has 3 rings (SSSR count). The SMILES string of the molecule is COC(=O)c1ccc(N=Nc2ccc3nc(N)nc(N)c3c2)cc1. The van der Waals surface area contributed by atoms with Gasteiger partial charge in [0.15, 0.2) is 0 Å². The van der Waals surface area contributed by atoms with Gasteiger partial charge in [-0.05, 0) is 42.5 Å². The molecule has 0 aliphatic heterocycles. The van der Waals surface area contributed by atoms with E-state index in [4.69, 9.17) is 11.5 Å². The van der Waals surface area contributed by atoms with Crippen LogP contribution < -0.4 is 11.5 Å². The zero-order valence-corrected chi connectivity index (χ0v) is 12.8. The first-order valence-corrected chi connectivity index (χ1v) is 6.99. The van der Waals surface area contributed by atoms with Gasteiger partial charge in [-0.2, -0.15) is 15.2 Å². The molecule has 8 nitrogen and oxygen atoms in total. The fourth-order valence-electron chi connectivity index (χ4n) is 2.12. The van der Waals surface area contributed by atoms with Gasteiger partial charge >= 0.3 is 5.97 Å². The smallest absolute Gasteiger partial charge is 0.337 e. The van der Waals surface area contributed by atoms with E-state index in [9.17, 15) is 4.79 Å². The van der Waals surface area contributed by atoms with E-state index in [-0.39, 0.29) is 11.8 Å². The summed E-state index contributed by atoms with van der Waals surface area (Å²) in [7, 11) is 1.33. The van der Waals surface area contributed by atoms with E-state index in [1.807, 2.05) is 0 Å². The summed E-state index contributed by atoms with van der Waals surface area (Å²) in [6.07, 6.45) is 0. The highest BCUT2D eigenvalue weighted by Gasteiger charge is 2.05. The highest BCUT2D eigenvalue weighted by Crippen LogP contribution is 2.26. The van der Waals surface area contributed by atoms with Gasteiger partial charge in [0.25, 0.3) is 0 Å². The fraction of sp³-hybridized carbons (Fsp3) is 0.0625. The zero-order chi connectivity index (χ0) is 17.1. The molecule has 0 spiro atoms. The summed E-state index contributed by atoms with van der Waals surface area (Å²) in [5, 5.41) is 8.93. The van der Waals surface area contributed by atoms with E-state index in [2.05, 4.69) is 24.9 Å². The summed E-state index contributed by atoms with van der Waals surface area (Å²) < 4.78 is 4.64.